The van der Waals surface area contributed by atoms with Crippen LogP contribution in [0, 0.1) is 0 Å². The number of hydrogen-bond acceptors (Lipinski definition) is 3. The quantitative estimate of drug-likeness (QED) is 0.287. The average Bonchev–Trinajstić information content (AvgIpc) is 3.22. The van der Waals surface area contributed by atoms with Crippen molar-refractivity contribution in [2.75, 3.05) is 11.4 Å². The molecular weight excluding hydrogens is 550 g/mol. The van der Waals surface area contributed by atoms with Crippen LogP contribution in [0.1, 0.15) is 47.4 Å². The lowest BCUT2D eigenvalue weighted by Crippen LogP contribution is -2.71. The summed E-state index contributed by atoms with van der Waals surface area (Å²) >= 11 is 0. The first-order chi connectivity index (χ1) is 21.5. The normalized spacial score (nSPS) is 20.5. The predicted octanol–water partition coefficient (Wildman–Crippen LogP) is 6.78. The van der Waals surface area contributed by atoms with Crippen LogP contribution in [0.25, 0.3) is 12.2 Å². The fourth-order valence-electron chi connectivity index (χ4n) is 7.20. The molecule has 3 aliphatic heterocycles. The third-order valence-electron chi connectivity index (χ3n) is 9.15. The zero-order valence-electron chi connectivity index (χ0n) is 24.2. The molecule has 0 radical (unpaired) electrons. The molecule has 220 valence electrons. The van der Waals surface area contributed by atoms with Crippen molar-refractivity contribution in [3.8, 4) is 0 Å². The summed E-state index contributed by atoms with van der Waals surface area (Å²) < 4.78 is 0. The van der Waals surface area contributed by atoms with Crippen molar-refractivity contribution in [2.24, 2.45) is 0 Å². The molecule has 0 aliphatic carbocycles. The number of fused-ring (bicyclic) bond motifs is 4. The molecule has 44 heavy (non-hydrogen) atoms. The van der Waals surface area contributed by atoms with Gasteiger partial charge in [-0.3, -0.25) is 9.69 Å². The number of nitrogens with zero attached hydrogens (tertiary/aromatic N) is 3. The molecule has 3 amide bonds. The number of urea groups is 1. The molecule has 4 aromatic rings. The smallest absolute Gasteiger partial charge is 0.329 e. The highest BCUT2D eigenvalue weighted by Crippen LogP contribution is 2.41. The van der Waals surface area contributed by atoms with Crippen molar-refractivity contribution in [1.29, 1.82) is 0 Å². The van der Waals surface area contributed by atoms with Crippen molar-refractivity contribution in [3.63, 3.8) is 0 Å². The average molecular weight is 584 g/mol. The minimum absolute atomic E-state index is 0.156. The van der Waals surface area contributed by atoms with Crippen LogP contribution in [0.3, 0.4) is 0 Å². The molecule has 0 aromatic heterocycles. The fraction of sp³-hybridized carbons (Fsp3) is 0.216. The number of anilines is 2. The Morgan fingerprint density at radius 3 is 1.75 bits per heavy atom. The van der Waals surface area contributed by atoms with E-state index in [9.17, 15) is 19.5 Å². The number of hydrogen-bond donors (Lipinski definition) is 1. The maximum absolute atomic E-state index is 14.8. The van der Waals surface area contributed by atoms with Gasteiger partial charge in [0.05, 0.1) is 29.4 Å². The van der Waals surface area contributed by atoms with Crippen LogP contribution in [0.15, 0.2) is 109 Å². The molecule has 0 saturated carbocycles. The van der Waals surface area contributed by atoms with E-state index in [-0.39, 0.29) is 24.5 Å². The molecule has 0 unspecified atom stereocenters. The summed E-state index contributed by atoms with van der Waals surface area (Å²) in [6, 6.07) is 32.1. The number of carbonyl (C=O) groups is 3. The van der Waals surface area contributed by atoms with Gasteiger partial charge in [-0.1, -0.05) is 109 Å². The van der Waals surface area contributed by atoms with Gasteiger partial charge in [-0.25, -0.2) is 9.59 Å². The number of aliphatic carboxylic acids is 1. The van der Waals surface area contributed by atoms with Crippen LogP contribution >= 0.6 is 0 Å². The highest BCUT2D eigenvalue weighted by atomic mass is 16.4. The van der Waals surface area contributed by atoms with Crippen LogP contribution in [0.4, 0.5) is 16.2 Å². The molecule has 7 heteroatoms. The van der Waals surface area contributed by atoms with E-state index in [1.54, 1.807) is 9.80 Å². The van der Waals surface area contributed by atoms with Gasteiger partial charge in [-0.05, 0) is 53.6 Å². The van der Waals surface area contributed by atoms with Gasteiger partial charge >= 0.3 is 12.0 Å². The summed E-state index contributed by atoms with van der Waals surface area (Å²) in [6.07, 6.45) is 5.99. The van der Waals surface area contributed by atoms with Crippen LogP contribution in [-0.4, -0.2) is 57.5 Å². The van der Waals surface area contributed by atoms with Crippen LogP contribution in [0.2, 0.25) is 0 Å². The molecule has 3 aliphatic rings. The molecule has 2 saturated heterocycles. The number of likely N-dealkylation sites (tertiary alicyclic amines) is 1. The largest absolute Gasteiger partial charge is 0.480 e. The highest BCUT2D eigenvalue weighted by Gasteiger charge is 2.52. The molecule has 1 N–H and O–H groups in total. The van der Waals surface area contributed by atoms with E-state index in [4.69, 9.17) is 0 Å². The van der Waals surface area contributed by atoms with Crippen LogP contribution in [0.5, 0.6) is 0 Å². The number of carbonyl (C=O) groups excluding carboxylic acids is 2. The zero-order chi connectivity index (χ0) is 30.2. The number of piperidine rings is 1. The van der Waals surface area contributed by atoms with E-state index in [1.807, 2.05) is 121 Å². The second kappa shape index (κ2) is 11.5. The van der Waals surface area contributed by atoms with Gasteiger partial charge in [0.25, 0.3) is 0 Å². The Morgan fingerprint density at radius 1 is 0.682 bits per heavy atom. The Labute approximate surface area is 256 Å². The molecule has 2 bridgehead atoms. The summed E-state index contributed by atoms with van der Waals surface area (Å²) in [4.78, 5) is 47.5. The van der Waals surface area contributed by atoms with E-state index >= 15 is 0 Å². The molecule has 4 aromatic carbocycles. The summed E-state index contributed by atoms with van der Waals surface area (Å²) in [7, 11) is 0. The molecule has 7 nitrogen and oxygen atoms in total. The summed E-state index contributed by atoms with van der Waals surface area (Å²) in [5.41, 5.74) is 4.91. The van der Waals surface area contributed by atoms with Gasteiger partial charge in [-0.2, -0.15) is 0 Å². The van der Waals surface area contributed by atoms with Gasteiger partial charge in [-0.15, -0.1) is 0 Å². The zero-order valence-corrected chi connectivity index (χ0v) is 24.2. The monoisotopic (exact) mass is 583 g/mol. The number of para-hydroxylation sites is 2. The number of amides is 3. The number of rotatable bonds is 4. The Morgan fingerprint density at radius 2 is 1.20 bits per heavy atom. The van der Waals surface area contributed by atoms with Gasteiger partial charge in [0.1, 0.15) is 6.04 Å². The van der Waals surface area contributed by atoms with Crippen molar-refractivity contribution in [1.82, 2.24) is 9.80 Å². The molecule has 3 atom stereocenters. The maximum atomic E-state index is 14.8. The summed E-state index contributed by atoms with van der Waals surface area (Å²) in [5.74, 6) is -2.01. The van der Waals surface area contributed by atoms with E-state index < -0.39 is 24.0 Å². The van der Waals surface area contributed by atoms with Crippen molar-refractivity contribution >= 4 is 41.4 Å². The Kier molecular flexibility index (Phi) is 7.22. The Hall–Kier alpha value is -5.17. The molecule has 3 heterocycles. The lowest BCUT2D eigenvalue weighted by molar-refractivity contribution is -0.160. The van der Waals surface area contributed by atoms with E-state index in [2.05, 4.69) is 0 Å². The predicted molar refractivity (Wildman–Crippen MR) is 170 cm³/mol. The number of benzene rings is 4. The van der Waals surface area contributed by atoms with Gasteiger partial charge in [0.15, 0.2) is 0 Å². The molecule has 7 rings (SSSR count). The Bertz CT molecular complexity index is 1650. The van der Waals surface area contributed by atoms with E-state index in [1.165, 1.54) is 4.90 Å². The number of carboxylic acids is 1. The minimum atomic E-state index is -1.17. The van der Waals surface area contributed by atoms with Crippen LogP contribution in [-0.2, 0) is 9.59 Å². The first kappa shape index (κ1) is 27.7. The summed E-state index contributed by atoms with van der Waals surface area (Å²) in [6.45, 7) is 0.156. The standard InChI is InChI=1S/C37H33N3O4/c41-35(33(27-14-3-1-4-15-27)28-16-5-2-6-17-28)38-24-29-18-11-21-32(34(38)36(42)43)39(29)37(44)40-30-19-9-7-12-25(30)22-23-26-13-8-10-20-31(26)40/h1-10,12-17,19-20,22-23,29,32-34H,11,18,21,24H2,(H,42,43)/t29-,32+,34-/m0/s1. The van der Waals surface area contributed by atoms with Gasteiger partial charge < -0.3 is 14.9 Å². The van der Waals surface area contributed by atoms with Crippen molar-refractivity contribution in [3.05, 3.63) is 131 Å². The second-order valence-electron chi connectivity index (χ2n) is 11.7. The molecule has 2 fully saturated rings. The van der Waals surface area contributed by atoms with Crippen molar-refractivity contribution < 1.29 is 19.5 Å². The topological polar surface area (TPSA) is 81.2 Å². The SMILES string of the molecule is O=C(O)[C@@H]1[C@H]2CCC[C@@H](CN1C(=O)C(c1ccccc1)c1ccccc1)N2C(=O)N1c2ccccc2C=Cc2ccccc21. The first-order valence-electron chi connectivity index (χ1n) is 15.1. The maximum Gasteiger partial charge on any atom is 0.329 e. The third kappa shape index (κ3) is 4.74. The lowest BCUT2D eigenvalue weighted by Gasteiger charge is -2.54. The van der Waals surface area contributed by atoms with Crippen LogP contribution < -0.4 is 4.90 Å². The minimum Gasteiger partial charge on any atom is -0.480 e. The van der Waals surface area contributed by atoms with Crippen molar-refractivity contribution in [2.45, 2.75) is 43.3 Å². The highest BCUT2D eigenvalue weighted by molar-refractivity contribution is 6.06. The lowest BCUT2D eigenvalue weighted by atomic mass is 9.83. The summed E-state index contributed by atoms with van der Waals surface area (Å²) in [5, 5.41) is 10.7. The van der Waals surface area contributed by atoms with E-state index in [0.717, 1.165) is 40.0 Å². The third-order valence-corrected chi connectivity index (χ3v) is 9.15. The van der Waals surface area contributed by atoms with E-state index in [0.29, 0.717) is 12.8 Å². The number of piperazine rings is 1. The van der Waals surface area contributed by atoms with Gasteiger partial charge in [0.2, 0.25) is 5.91 Å². The van der Waals surface area contributed by atoms with Gasteiger partial charge in [0, 0.05) is 6.54 Å². The Balaban J connectivity index is 1.29. The molecule has 0 spiro atoms. The second-order valence-corrected chi connectivity index (χ2v) is 11.7. The number of carboxylic acid groups (broad SMARTS) is 1. The molecular formula is C37H33N3O4. The first-order valence-corrected chi connectivity index (χ1v) is 15.1. The fourth-order valence-corrected chi connectivity index (χ4v) is 7.20.